The van der Waals surface area contributed by atoms with Crippen molar-refractivity contribution in [2.24, 2.45) is 46.3 Å². The van der Waals surface area contributed by atoms with E-state index in [-0.39, 0.29) is 16.7 Å². The van der Waals surface area contributed by atoms with Crippen LogP contribution in [-0.4, -0.2) is 5.97 Å². The lowest BCUT2D eigenvalue weighted by molar-refractivity contribution is -0.316. The summed E-state index contributed by atoms with van der Waals surface area (Å²) in [5, 5.41) is 11.9. The van der Waals surface area contributed by atoms with Crippen LogP contribution in [0.2, 0.25) is 0 Å². The van der Waals surface area contributed by atoms with Crippen molar-refractivity contribution in [2.75, 3.05) is 0 Å². The average molecular weight is 299 g/mol. The number of hydrogen-bond donors (Lipinski definition) is 0. The Kier molecular flexibility index (Phi) is 2.59. The van der Waals surface area contributed by atoms with Crippen LogP contribution in [0.15, 0.2) is 12.2 Å². The lowest BCUT2D eigenvalue weighted by Gasteiger charge is -2.55. The molecule has 0 N–H and O–H groups in total. The highest BCUT2D eigenvalue weighted by molar-refractivity contribution is 5.71. The summed E-state index contributed by atoms with van der Waals surface area (Å²) < 4.78 is 0. The number of carbonyl (C=O) groups is 1. The van der Waals surface area contributed by atoms with Gasteiger partial charge in [0.05, 0.1) is 0 Å². The molecule has 8 unspecified atom stereocenters. The molecule has 22 heavy (non-hydrogen) atoms. The number of carbonyl (C=O) groups excluding carboxylic acids is 1. The van der Waals surface area contributed by atoms with E-state index in [9.17, 15) is 9.90 Å². The summed E-state index contributed by atoms with van der Waals surface area (Å²) in [7, 11) is 0. The van der Waals surface area contributed by atoms with E-state index in [1.54, 1.807) is 0 Å². The molecule has 0 aromatic rings. The van der Waals surface area contributed by atoms with Gasteiger partial charge in [-0.3, -0.25) is 0 Å². The largest absolute Gasteiger partial charge is 0.550 e. The molecular weight excluding hydrogens is 272 g/mol. The Morgan fingerprint density at radius 1 is 1.23 bits per heavy atom. The van der Waals surface area contributed by atoms with Crippen molar-refractivity contribution in [1.29, 1.82) is 0 Å². The van der Waals surface area contributed by atoms with Crippen molar-refractivity contribution in [3.63, 3.8) is 0 Å². The van der Waals surface area contributed by atoms with Crippen molar-refractivity contribution in [1.82, 2.24) is 0 Å². The normalized spacial score (nSPS) is 57.7. The molecule has 0 aliphatic heterocycles. The summed E-state index contributed by atoms with van der Waals surface area (Å²) in [6.07, 6.45) is 14.8. The van der Waals surface area contributed by atoms with Gasteiger partial charge in [-0.2, -0.15) is 0 Å². The standard InChI is InChI=1S/C20H28O2/c1-2-19(11-13-9-16(19)15-5-3-4-14(13)15)20-7-6-12(10-20)8-17(20)18(21)22/h6-7,12-17H,2-5,8-11H2,1H3,(H,21,22)/p-1. The summed E-state index contributed by atoms with van der Waals surface area (Å²) >= 11 is 0. The van der Waals surface area contributed by atoms with Crippen LogP contribution in [0.3, 0.4) is 0 Å². The summed E-state index contributed by atoms with van der Waals surface area (Å²) in [4.78, 5) is 11.9. The van der Waals surface area contributed by atoms with E-state index in [4.69, 9.17) is 0 Å². The minimum Gasteiger partial charge on any atom is -0.550 e. The third-order valence-electron chi connectivity index (χ3n) is 8.91. The Labute approximate surface area is 133 Å². The second-order valence-electron chi connectivity index (χ2n) is 9.05. The van der Waals surface area contributed by atoms with Gasteiger partial charge in [-0.25, -0.2) is 0 Å². The molecule has 5 aliphatic carbocycles. The Bertz CT molecular complexity index is 552. The van der Waals surface area contributed by atoms with E-state index < -0.39 is 5.97 Å². The van der Waals surface area contributed by atoms with Gasteiger partial charge in [-0.05, 0) is 80.0 Å². The molecule has 5 rings (SSSR count). The SMILES string of the molecule is CCC1(C23C=CC(CC2C(=O)[O-])C3)CC2CC1C1CCCC21. The molecule has 0 aromatic heterocycles. The van der Waals surface area contributed by atoms with Gasteiger partial charge < -0.3 is 9.90 Å². The first-order chi connectivity index (χ1) is 10.6. The Morgan fingerprint density at radius 2 is 2.05 bits per heavy atom. The van der Waals surface area contributed by atoms with Gasteiger partial charge in [0.15, 0.2) is 0 Å². The second kappa shape index (κ2) is 4.19. The maximum Gasteiger partial charge on any atom is 0.0454 e. The molecule has 5 aliphatic rings. The predicted molar refractivity (Wildman–Crippen MR) is 82.6 cm³/mol. The number of fused-ring (bicyclic) bond motifs is 7. The predicted octanol–water partition coefficient (Wildman–Crippen LogP) is 3.17. The van der Waals surface area contributed by atoms with Crippen LogP contribution in [0.25, 0.3) is 0 Å². The zero-order chi connectivity index (χ0) is 15.1. The van der Waals surface area contributed by atoms with Crippen molar-refractivity contribution >= 4 is 5.97 Å². The van der Waals surface area contributed by atoms with Gasteiger partial charge in [0.1, 0.15) is 0 Å². The quantitative estimate of drug-likeness (QED) is 0.751. The molecule has 0 heterocycles. The van der Waals surface area contributed by atoms with Crippen LogP contribution in [0.4, 0.5) is 0 Å². The van der Waals surface area contributed by atoms with E-state index in [2.05, 4.69) is 19.1 Å². The van der Waals surface area contributed by atoms with Crippen LogP contribution >= 0.6 is 0 Å². The number of aliphatic carboxylic acids is 1. The third-order valence-corrected chi connectivity index (χ3v) is 8.91. The first-order valence-corrected chi connectivity index (χ1v) is 9.51. The number of hydrogen-bond acceptors (Lipinski definition) is 2. The fourth-order valence-corrected chi connectivity index (χ4v) is 8.37. The highest BCUT2D eigenvalue weighted by atomic mass is 16.4. The molecule has 0 spiro atoms. The first kappa shape index (κ1) is 13.6. The van der Waals surface area contributed by atoms with Crippen molar-refractivity contribution in [3.05, 3.63) is 12.2 Å². The number of allylic oxidation sites excluding steroid dienone is 2. The van der Waals surface area contributed by atoms with Crippen LogP contribution in [0, 0.1) is 46.3 Å². The summed E-state index contributed by atoms with van der Waals surface area (Å²) in [5.74, 6) is 3.08. The zero-order valence-corrected chi connectivity index (χ0v) is 13.6. The zero-order valence-electron chi connectivity index (χ0n) is 13.6. The van der Waals surface area contributed by atoms with Gasteiger partial charge in [-0.15, -0.1) is 0 Å². The number of carboxylic acid groups (broad SMARTS) is 1. The molecule has 8 atom stereocenters. The average Bonchev–Trinajstić information content (AvgIpc) is 3.27. The van der Waals surface area contributed by atoms with Gasteiger partial charge in [0.2, 0.25) is 0 Å². The fourth-order valence-electron chi connectivity index (χ4n) is 8.37. The molecule has 2 heteroatoms. The van der Waals surface area contributed by atoms with Gasteiger partial charge in [0, 0.05) is 17.3 Å². The van der Waals surface area contributed by atoms with E-state index in [1.165, 1.54) is 32.1 Å². The maximum atomic E-state index is 11.9. The van der Waals surface area contributed by atoms with Crippen molar-refractivity contribution in [2.45, 2.75) is 58.3 Å². The lowest BCUT2D eigenvalue weighted by atomic mass is 9.49. The Balaban J connectivity index is 1.61. The van der Waals surface area contributed by atoms with Crippen LogP contribution in [0.1, 0.15) is 58.3 Å². The monoisotopic (exact) mass is 299 g/mol. The van der Waals surface area contributed by atoms with Gasteiger partial charge >= 0.3 is 0 Å². The van der Waals surface area contributed by atoms with E-state index in [0.29, 0.717) is 5.92 Å². The summed E-state index contributed by atoms with van der Waals surface area (Å²) in [6.45, 7) is 2.34. The smallest absolute Gasteiger partial charge is 0.0454 e. The van der Waals surface area contributed by atoms with Crippen molar-refractivity contribution < 1.29 is 9.90 Å². The minimum absolute atomic E-state index is 0.0712. The molecular formula is C20H27O2-. The molecule has 2 nitrogen and oxygen atoms in total. The Morgan fingerprint density at radius 3 is 2.77 bits per heavy atom. The highest BCUT2D eigenvalue weighted by Crippen LogP contribution is 2.76. The molecule has 0 radical (unpaired) electrons. The van der Waals surface area contributed by atoms with E-state index in [0.717, 1.165) is 42.9 Å². The molecule has 0 amide bonds. The highest BCUT2D eigenvalue weighted by Gasteiger charge is 2.69. The summed E-state index contributed by atoms with van der Waals surface area (Å²) in [6, 6.07) is 0. The first-order valence-electron chi connectivity index (χ1n) is 9.51. The minimum atomic E-state index is -0.773. The topological polar surface area (TPSA) is 40.1 Å². The van der Waals surface area contributed by atoms with E-state index in [1.807, 2.05) is 0 Å². The molecule has 4 saturated carbocycles. The second-order valence-corrected chi connectivity index (χ2v) is 9.05. The molecule has 0 saturated heterocycles. The van der Waals surface area contributed by atoms with E-state index >= 15 is 0 Å². The maximum absolute atomic E-state index is 11.9. The molecule has 4 bridgehead atoms. The van der Waals surface area contributed by atoms with Gasteiger partial charge in [-0.1, -0.05) is 25.5 Å². The van der Waals surface area contributed by atoms with Gasteiger partial charge in [0.25, 0.3) is 0 Å². The summed E-state index contributed by atoms with van der Waals surface area (Å²) in [5.41, 5.74) is 0.188. The third kappa shape index (κ3) is 1.33. The van der Waals surface area contributed by atoms with Crippen LogP contribution in [-0.2, 0) is 4.79 Å². The molecule has 0 aromatic carbocycles. The van der Waals surface area contributed by atoms with Crippen LogP contribution < -0.4 is 5.11 Å². The Hall–Kier alpha value is -0.790. The van der Waals surface area contributed by atoms with Crippen LogP contribution in [0.5, 0.6) is 0 Å². The number of carboxylic acids is 1. The molecule has 120 valence electrons. The number of rotatable bonds is 3. The molecule has 4 fully saturated rings. The lowest BCUT2D eigenvalue weighted by Crippen LogP contribution is -2.53. The fraction of sp³-hybridized carbons (Fsp3) is 0.850. The van der Waals surface area contributed by atoms with Crippen molar-refractivity contribution in [3.8, 4) is 0 Å².